The predicted octanol–water partition coefficient (Wildman–Crippen LogP) is 2.92. The number of amides is 1. The Hall–Kier alpha value is -2.24. The van der Waals surface area contributed by atoms with Gasteiger partial charge in [-0.05, 0) is 42.3 Å². The van der Waals surface area contributed by atoms with Crippen LogP contribution in [-0.2, 0) is 6.42 Å². The number of fused-ring (bicyclic) bond motifs is 1. The van der Waals surface area contributed by atoms with Gasteiger partial charge < -0.3 is 19.5 Å². The maximum absolute atomic E-state index is 12.9. The van der Waals surface area contributed by atoms with Crippen LogP contribution in [0.4, 0.5) is 5.69 Å². The molecule has 0 saturated carbocycles. The molecular formula is C18H18ClNO4. The van der Waals surface area contributed by atoms with Crippen LogP contribution in [0.3, 0.4) is 0 Å². The van der Waals surface area contributed by atoms with Crippen LogP contribution in [0.25, 0.3) is 0 Å². The van der Waals surface area contributed by atoms with Crippen molar-refractivity contribution in [2.45, 2.75) is 6.42 Å². The highest BCUT2D eigenvalue weighted by Crippen LogP contribution is 2.33. The topological polar surface area (TPSA) is 59.0 Å². The highest BCUT2D eigenvalue weighted by molar-refractivity contribution is 6.31. The Morgan fingerprint density at radius 1 is 1.25 bits per heavy atom. The second-order valence-electron chi connectivity index (χ2n) is 5.42. The molecule has 0 saturated heterocycles. The van der Waals surface area contributed by atoms with Crippen LogP contribution in [0.5, 0.6) is 11.5 Å². The van der Waals surface area contributed by atoms with E-state index in [0.717, 1.165) is 17.7 Å². The Labute approximate surface area is 145 Å². The molecule has 0 fully saturated rings. The maximum atomic E-state index is 12.9. The summed E-state index contributed by atoms with van der Waals surface area (Å²) in [7, 11) is 1.53. The number of hydrogen-bond donors (Lipinski definition) is 1. The Morgan fingerprint density at radius 2 is 2.08 bits per heavy atom. The summed E-state index contributed by atoms with van der Waals surface area (Å²) in [6.45, 7) is 0.642. The molecular weight excluding hydrogens is 330 g/mol. The molecule has 2 aromatic rings. The van der Waals surface area contributed by atoms with Crippen LogP contribution in [0, 0.1) is 0 Å². The molecule has 0 aliphatic carbocycles. The van der Waals surface area contributed by atoms with Gasteiger partial charge in [0.15, 0.2) is 11.5 Å². The minimum atomic E-state index is -0.118. The van der Waals surface area contributed by atoms with Crippen molar-refractivity contribution in [2.75, 3.05) is 31.8 Å². The summed E-state index contributed by atoms with van der Waals surface area (Å²) >= 11 is 6.06. The fourth-order valence-corrected chi connectivity index (χ4v) is 2.96. The van der Waals surface area contributed by atoms with Gasteiger partial charge in [-0.3, -0.25) is 4.79 Å². The minimum Gasteiger partial charge on any atom is -0.493 e. The molecule has 1 amide bonds. The fourth-order valence-electron chi connectivity index (χ4n) is 2.80. The summed E-state index contributed by atoms with van der Waals surface area (Å²) in [4.78, 5) is 14.6. The smallest absolute Gasteiger partial charge is 0.258 e. The standard InChI is InChI=1S/C18H18ClNO4/c1-23-16-5-3-13(10-17(16)24-9-8-21)18(22)20-7-6-12-2-4-14(19)11-15(12)20/h2-5,10-11,21H,6-9H2,1H3. The molecule has 2 aromatic carbocycles. The lowest BCUT2D eigenvalue weighted by molar-refractivity contribution is 0.0989. The van der Waals surface area contributed by atoms with E-state index in [1.54, 1.807) is 23.1 Å². The SMILES string of the molecule is COc1ccc(C(=O)N2CCc3ccc(Cl)cc32)cc1OCCO. The first-order valence-corrected chi connectivity index (χ1v) is 8.04. The van der Waals surface area contributed by atoms with E-state index in [4.69, 9.17) is 26.2 Å². The number of hydrogen-bond acceptors (Lipinski definition) is 4. The van der Waals surface area contributed by atoms with Gasteiger partial charge in [-0.1, -0.05) is 17.7 Å². The second-order valence-corrected chi connectivity index (χ2v) is 5.85. The van der Waals surface area contributed by atoms with Crippen LogP contribution >= 0.6 is 11.6 Å². The van der Waals surface area contributed by atoms with E-state index >= 15 is 0 Å². The summed E-state index contributed by atoms with van der Waals surface area (Å²) in [5.41, 5.74) is 2.45. The van der Waals surface area contributed by atoms with Gasteiger partial charge in [0.25, 0.3) is 5.91 Å². The third-order valence-electron chi connectivity index (χ3n) is 3.95. The molecule has 0 radical (unpaired) electrons. The van der Waals surface area contributed by atoms with E-state index in [0.29, 0.717) is 28.6 Å². The Kier molecular flexibility index (Phi) is 4.92. The highest BCUT2D eigenvalue weighted by Gasteiger charge is 2.26. The number of aliphatic hydroxyl groups is 1. The number of methoxy groups -OCH3 is 1. The number of aliphatic hydroxyl groups excluding tert-OH is 1. The number of ether oxygens (including phenoxy) is 2. The van der Waals surface area contributed by atoms with Gasteiger partial charge in [0.1, 0.15) is 6.61 Å². The molecule has 0 spiro atoms. The Morgan fingerprint density at radius 3 is 2.83 bits per heavy atom. The summed E-state index contributed by atoms with van der Waals surface area (Å²) < 4.78 is 10.7. The average molecular weight is 348 g/mol. The third kappa shape index (κ3) is 3.18. The van der Waals surface area contributed by atoms with E-state index in [1.165, 1.54) is 7.11 Å². The van der Waals surface area contributed by atoms with E-state index in [1.807, 2.05) is 18.2 Å². The molecule has 3 rings (SSSR count). The first-order chi connectivity index (χ1) is 11.6. The monoisotopic (exact) mass is 347 g/mol. The molecule has 24 heavy (non-hydrogen) atoms. The van der Waals surface area contributed by atoms with Gasteiger partial charge in [0.05, 0.1) is 13.7 Å². The van der Waals surface area contributed by atoms with Crippen molar-refractivity contribution in [1.82, 2.24) is 0 Å². The quantitative estimate of drug-likeness (QED) is 0.903. The lowest BCUT2D eigenvalue weighted by atomic mass is 10.1. The largest absolute Gasteiger partial charge is 0.493 e. The number of anilines is 1. The summed E-state index contributed by atoms with van der Waals surface area (Å²) in [5.74, 6) is 0.834. The van der Waals surface area contributed by atoms with Crippen molar-refractivity contribution >= 4 is 23.2 Å². The number of halogens is 1. The van der Waals surface area contributed by atoms with Crippen molar-refractivity contribution in [3.63, 3.8) is 0 Å². The van der Waals surface area contributed by atoms with Crippen LogP contribution in [0.2, 0.25) is 5.02 Å². The predicted molar refractivity (Wildman–Crippen MR) is 92.4 cm³/mol. The average Bonchev–Trinajstić information content (AvgIpc) is 3.02. The zero-order valence-electron chi connectivity index (χ0n) is 13.3. The van der Waals surface area contributed by atoms with Crippen molar-refractivity contribution in [3.8, 4) is 11.5 Å². The van der Waals surface area contributed by atoms with Crippen LogP contribution in [-0.4, -0.2) is 37.9 Å². The molecule has 0 atom stereocenters. The molecule has 0 unspecified atom stereocenters. The summed E-state index contributed by atoms with van der Waals surface area (Å²) in [6, 6.07) is 10.6. The number of benzene rings is 2. The van der Waals surface area contributed by atoms with Gasteiger partial charge in [-0.15, -0.1) is 0 Å². The molecule has 126 valence electrons. The van der Waals surface area contributed by atoms with E-state index in [-0.39, 0.29) is 19.1 Å². The first-order valence-electron chi connectivity index (χ1n) is 7.66. The molecule has 5 nitrogen and oxygen atoms in total. The molecule has 0 aromatic heterocycles. The number of rotatable bonds is 5. The van der Waals surface area contributed by atoms with Crippen LogP contribution in [0.15, 0.2) is 36.4 Å². The molecule has 0 bridgehead atoms. The van der Waals surface area contributed by atoms with Gasteiger partial charge >= 0.3 is 0 Å². The van der Waals surface area contributed by atoms with Crippen molar-refractivity contribution in [1.29, 1.82) is 0 Å². The zero-order valence-corrected chi connectivity index (χ0v) is 14.0. The normalized spacial score (nSPS) is 12.9. The van der Waals surface area contributed by atoms with Crippen LogP contribution < -0.4 is 14.4 Å². The highest BCUT2D eigenvalue weighted by atomic mass is 35.5. The van der Waals surface area contributed by atoms with Crippen molar-refractivity contribution < 1.29 is 19.4 Å². The zero-order chi connectivity index (χ0) is 17.1. The number of nitrogens with zero attached hydrogens (tertiary/aromatic N) is 1. The molecule has 6 heteroatoms. The molecule has 1 aliphatic rings. The Bertz CT molecular complexity index is 763. The fraction of sp³-hybridized carbons (Fsp3) is 0.278. The maximum Gasteiger partial charge on any atom is 0.258 e. The van der Waals surface area contributed by atoms with Crippen molar-refractivity contribution in [3.05, 3.63) is 52.5 Å². The van der Waals surface area contributed by atoms with E-state index in [2.05, 4.69) is 0 Å². The number of carbonyl (C=O) groups is 1. The first kappa shape index (κ1) is 16.6. The van der Waals surface area contributed by atoms with Gasteiger partial charge in [-0.2, -0.15) is 0 Å². The van der Waals surface area contributed by atoms with E-state index < -0.39 is 0 Å². The lowest BCUT2D eigenvalue weighted by Gasteiger charge is -2.19. The number of carbonyl (C=O) groups excluding carboxylic acids is 1. The molecule has 1 N–H and O–H groups in total. The summed E-state index contributed by atoms with van der Waals surface area (Å²) in [6.07, 6.45) is 0.808. The molecule has 1 aliphatic heterocycles. The minimum absolute atomic E-state index is 0.112. The van der Waals surface area contributed by atoms with Gasteiger partial charge in [0.2, 0.25) is 0 Å². The van der Waals surface area contributed by atoms with Crippen molar-refractivity contribution in [2.24, 2.45) is 0 Å². The summed E-state index contributed by atoms with van der Waals surface area (Å²) in [5, 5.41) is 9.53. The lowest BCUT2D eigenvalue weighted by Crippen LogP contribution is -2.28. The molecule has 1 heterocycles. The van der Waals surface area contributed by atoms with Crippen LogP contribution in [0.1, 0.15) is 15.9 Å². The third-order valence-corrected chi connectivity index (χ3v) is 4.18. The van der Waals surface area contributed by atoms with Gasteiger partial charge in [0, 0.05) is 22.8 Å². The Balaban J connectivity index is 1.90. The van der Waals surface area contributed by atoms with Gasteiger partial charge in [-0.25, -0.2) is 0 Å². The van der Waals surface area contributed by atoms with E-state index in [9.17, 15) is 4.79 Å². The second kappa shape index (κ2) is 7.11.